The monoisotopic (exact) mass is 267 g/mol. The molecule has 0 saturated carbocycles. The van der Waals surface area contributed by atoms with E-state index < -0.39 is 18.2 Å². The first-order valence-electron chi connectivity index (χ1n) is 6.68. The average Bonchev–Trinajstić information content (AvgIpc) is 2.37. The quantitative estimate of drug-likeness (QED) is 0.696. The lowest BCUT2D eigenvalue weighted by Crippen LogP contribution is -2.46. The van der Waals surface area contributed by atoms with Gasteiger partial charge >= 0.3 is 0 Å². The topological polar surface area (TPSA) is 75.7 Å². The fourth-order valence-corrected chi connectivity index (χ4v) is 2.04. The van der Waals surface area contributed by atoms with Gasteiger partial charge in [0.25, 0.3) is 0 Å². The van der Waals surface area contributed by atoms with Crippen LogP contribution in [0.5, 0.6) is 5.75 Å². The van der Waals surface area contributed by atoms with Crippen LogP contribution in [0.3, 0.4) is 0 Å². The summed E-state index contributed by atoms with van der Waals surface area (Å²) in [6.07, 6.45) is -0.392. The Kier molecular flexibility index (Phi) is 6.28. The largest absolute Gasteiger partial charge is 0.497 e. The summed E-state index contributed by atoms with van der Waals surface area (Å²) < 4.78 is 5.08. The summed E-state index contributed by atoms with van der Waals surface area (Å²) in [4.78, 5) is 0. The van der Waals surface area contributed by atoms with Gasteiger partial charge in [0.15, 0.2) is 0 Å². The molecule has 4 nitrogen and oxygen atoms in total. The van der Waals surface area contributed by atoms with Gasteiger partial charge in [-0.3, -0.25) is 0 Å². The predicted molar refractivity (Wildman–Crippen MR) is 76.1 cm³/mol. The lowest BCUT2D eigenvalue weighted by molar-refractivity contribution is 0.0447. The molecule has 0 aromatic heterocycles. The summed E-state index contributed by atoms with van der Waals surface area (Å²) in [5, 5.41) is 20.0. The van der Waals surface area contributed by atoms with Gasteiger partial charge in [0.1, 0.15) is 5.75 Å². The van der Waals surface area contributed by atoms with Gasteiger partial charge in [0.05, 0.1) is 25.4 Å². The molecule has 1 rings (SSSR count). The number of benzene rings is 1. The summed E-state index contributed by atoms with van der Waals surface area (Å²) in [6.45, 7) is 4.04. The van der Waals surface area contributed by atoms with Crippen LogP contribution in [0, 0.1) is 5.92 Å². The van der Waals surface area contributed by atoms with E-state index >= 15 is 0 Å². The Hall–Kier alpha value is -1.10. The molecule has 3 unspecified atom stereocenters. The number of aliphatic hydroxyl groups is 2. The van der Waals surface area contributed by atoms with Gasteiger partial charge in [-0.15, -0.1) is 0 Å². The fourth-order valence-electron chi connectivity index (χ4n) is 2.04. The summed E-state index contributed by atoms with van der Waals surface area (Å²) in [7, 11) is 1.61. The molecule has 0 bridgehead atoms. The van der Waals surface area contributed by atoms with E-state index in [1.54, 1.807) is 7.11 Å². The maximum atomic E-state index is 10.1. The summed E-state index contributed by atoms with van der Waals surface area (Å²) in [6, 6.07) is 6.85. The molecule has 0 saturated heterocycles. The third-order valence-electron chi connectivity index (χ3n) is 3.21. The second-order valence-corrected chi connectivity index (χ2v) is 5.39. The number of rotatable bonds is 7. The number of methoxy groups -OCH3 is 1. The third-order valence-corrected chi connectivity index (χ3v) is 3.21. The lowest BCUT2D eigenvalue weighted by Gasteiger charge is -2.25. The van der Waals surface area contributed by atoms with Gasteiger partial charge in [-0.2, -0.15) is 0 Å². The number of ether oxygens (including phenoxy) is 1. The van der Waals surface area contributed by atoms with Gasteiger partial charge in [0, 0.05) is 0 Å². The standard InChI is InChI=1S/C15H25NO3/c1-10(2)8-13(17)15(16)14(18)9-11-4-6-12(19-3)7-5-11/h4-7,10,13-15,17-18H,8-9,16H2,1-3H3. The zero-order chi connectivity index (χ0) is 14.4. The molecule has 1 aromatic carbocycles. The fraction of sp³-hybridized carbons (Fsp3) is 0.600. The minimum atomic E-state index is -0.748. The van der Waals surface area contributed by atoms with Crippen molar-refractivity contribution in [2.75, 3.05) is 7.11 Å². The van der Waals surface area contributed by atoms with Crippen LogP contribution in [0.4, 0.5) is 0 Å². The van der Waals surface area contributed by atoms with Crippen LogP contribution in [0.25, 0.3) is 0 Å². The van der Waals surface area contributed by atoms with Crippen LogP contribution < -0.4 is 10.5 Å². The Bertz CT molecular complexity index is 364. The molecule has 0 radical (unpaired) electrons. The van der Waals surface area contributed by atoms with E-state index in [0.717, 1.165) is 11.3 Å². The molecular weight excluding hydrogens is 242 g/mol. The summed E-state index contributed by atoms with van der Waals surface area (Å²) in [5.41, 5.74) is 6.86. The molecule has 4 heteroatoms. The number of aliphatic hydroxyl groups excluding tert-OH is 2. The molecule has 0 aliphatic carbocycles. The van der Waals surface area contributed by atoms with Crippen LogP contribution >= 0.6 is 0 Å². The normalized spacial score (nSPS) is 16.2. The van der Waals surface area contributed by atoms with E-state index in [1.165, 1.54) is 0 Å². The minimum Gasteiger partial charge on any atom is -0.497 e. The Morgan fingerprint density at radius 1 is 1.11 bits per heavy atom. The van der Waals surface area contributed by atoms with E-state index in [9.17, 15) is 10.2 Å². The van der Waals surface area contributed by atoms with Crippen molar-refractivity contribution >= 4 is 0 Å². The van der Waals surface area contributed by atoms with E-state index in [4.69, 9.17) is 10.5 Å². The van der Waals surface area contributed by atoms with Gasteiger partial charge in [-0.05, 0) is 36.5 Å². The maximum absolute atomic E-state index is 10.1. The van der Waals surface area contributed by atoms with E-state index in [0.29, 0.717) is 18.8 Å². The Labute approximate surface area is 115 Å². The molecule has 0 fully saturated rings. The predicted octanol–water partition coefficient (Wildman–Crippen LogP) is 1.33. The molecule has 4 N–H and O–H groups in total. The van der Waals surface area contributed by atoms with E-state index in [2.05, 4.69) is 0 Å². The zero-order valence-corrected chi connectivity index (χ0v) is 11.9. The first kappa shape index (κ1) is 16.0. The summed E-state index contributed by atoms with van der Waals surface area (Å²) in [5.74, 6) is 1.14. The highest BCUT2D eigenvalue weighted by Crippen LogP contribution is 2.15. The van der Waals surface area contributed by atoms with Crippen molar-refractivity contribution < 1.29 is 14.9 Å². The van der Waals surface area contributed by atoms with Gasteiger partial charge in [0.2, 0.25) is 0 Å². The molecule has 19 heavy (non-hydrogen) atoms. The van der Waals surface area contributed by atoms with Crippen molar-refractivity contribution in [3.05, 3.63) is 29.8 Å². The smallest absolute Gasteiger partial charge is 0.118 e. The first-order chi connectivity index (χ1) is 8.93. The van der Waals surface area contributed by atoms with Crippen LogP contribution in [0.15, 0.2) is 24.3 Å². The Morgan fingerprint density at radius 2 is 1.68 bits per heavy atom. The number of hydrogen-bond donors (Lipinski definition) is 3. The van der Waals surface area contributed by atoms with Gasteiger partial charge in [-0.1, -0.05) is 26.0 Å². The molecule has 0 spiro atoms. The lowest BCUT2D eigenvalue weighted by atomic mass is 9.94. The minimum absolute atomic E-state index is 0.356. The second-order valence-electron chi connectivity index (χ2n) is 5.39. The van der Waals surface area contributed by atoms with E-state index in [1.807, 2.05) is 38.1 Å². The summed E-state index contributed by atoms with van der Waals surface area (Å²) >= 11 is 0. The first-order valence-corrected chi connectivity index (χ1v) is 6.68. The van der Waals surface area contributed by atoms with Crippen LogP contribution in [0.2, 0.25) is 0 Å². The van der Waals surface area contributed by atoms with Crippen molar-refractivity contribution in [1.29, 1.82) is 0 Å². The molecule has 0 amide bonds. The average molecular weight is 267 g/mol. The van der Waals surface area contributed by atoms with Crippen LogP contribution in [-0.4, -0.2) is 35.6 Å². The van der Waals surface area contributed by atoms with Crippen molar-refractivity contribution in [3.63, 3.8) is 0 Å². The molecule has 0 heterocycles. The number of nitrogens with two attached hydrogens (primary N) is 1. The van der Waals surface area contributed by atoms with Crippen molar-refractivity contribution in [1.82, 2.24) is 0 Å². The molecule has 0 aliphatic rings. The molecule has 0 aliphatic heterocycles. The van der Waals surface area contributed by atoms with Crippen LogP contribution in [0.1, 0.15) is 25.8 Å². The molecule has 3 atom stereocenters. The van der Waals surface area contributed by atoms with Crippen LogP contribution in [-0.2, 0) is 6.42 Å². The highest BCUT2D eigenvalue weighted by molar-refractivity contribution is 5.27. The van der Waals surface area contributed by atoms with Gasteiger partial charge in [-0.25, -0.2) is 0 Å². The molecule has 108 valence electrons. The van der Waals surface area contributed by atoms with Crippen molar-refractivity contribution in [2.45, 2.75) is 44.9 Å². The zero-order valence-electron chi connectivity index (χ0n) is 11.9. The highest BCUT2D eigenvalue weighted by Gasteiger charge is 2.23. The maximum Gasteiger partial charge on any atom is 0.118 e. The van der Waals surface area contributed by atoms with Crippen molar-refractivity contribution in [3.8, 4) is 5.75 Å². The Morgan fingerprint density at radius 3 is 2.16 bits per heavy atom. The van der Waals surface area contributed by atoms with Gasteiger partial charge < -0.3 is 20.7 Å². The highest BCUT2D eigenvalue weighted by atomic mass is 16.5. The SMILES string of the molecule is COc1ccc(CC(O)C(N)C(O)CC(C)C)cc1. The van der Waals surface area contributed by atoms with Crippen molar-refractivity contribution in [2.24, 2.45) is 11.7 Å². The molecular formula is C15H25NO3. The molecule has 1 aromatic rings. The Balaban J connectivity index is 2.54. The second kappa shape index (κ2) is 7.48. The third kappa shape index (κ3) is 5.19. The number of hydrogen-bond acceptors (Lipinski definition) is 4. The van der Waals surface area contributed by atoms with E-state index in [-0.39, 0.29) is 0 Å².